The molecule has 16 heavy (non-hydrogen) atoms. The molecule has 0 aromatic heterocycles. The minimum atomic E-state index is -0.537. The molecule has 0 spiro atoms. The van der Waals surface area contributed by atoms with E-state index in [1.807, 2.05) is 0 Å². The summed E-state index contributed by atoms with van der Waals surface area (Å²) in [6, 6.07) is 3.93. The van der Waals surface area contributed by atoms with E-state index >= 15 is 0 Å². The zero-order chi connectivity index (χ0) is 11.5. The summed E-state index contributed by atoms with van der Waals surface area (Å²) >= 11 is 5.64. The van der Waals surface area contributed by atoms with Gasteiger partial charge in [-0.05, 0) is 37.6 Å². The maximum atomic E-state index is 13.5. The van der Waals surface area contributed by atoms with Gasteiger partial charge in [-0.3, -0.25) is 4.79 Å². The van der Waals surface area contributed by atoms with Crippen LogP contribution >= 0.6 is 11.6 Å². The number of benzene rings is 1. The Kier molecular flexibility index (Phi) is 3.56. The number of halogens is 2. The number of ketones is 1. The molecule has 1 heterocycles. The Morgan fingerprint density at radius 2 is 2.25 bits per heavy atom. The van der Waals surface area contributed by atoms with Gasteiger partial charge in [0.25, 0.3) is 0 Å². The van der Waals surface area contributed by atoms with E-state index in [0.29, 0.717) is 5.02 Å². The van der Waals surface area contributed by atoms with Crippen LogP contribution < -0.4 is 5.32 Å². The van der Waals surface area contributed by atoms with Crippen molar-refractivity contribution >= 4 is 17.4 Å². The molecule has 1 saturated heterocycles. The minimum Gasteiger partial charge on any atom is -0.307 e. The predicted octanol–water partition coefficient (Wildman–Crippen LogP) is 2.80. The van der Waals surface area contributed by atoms with Crippen molar-refractivity contribution in [1.29, 1.82) is 0 Å². The van der Waals surface area contributed by atoms with E-state index in [1.54, 1.807) is 6.07 Å². The summed E-state index contributed by atoms with van der Waals surface area (Å²) < 4.78 is 13.5. The average molecular weight is 242 g/mol. The summed E-state index contributed by atoms with van der Waals surface area (Å²) in [4.78, 5) is 12.0. The molecule has 1 unspecified atom stereocenters. The van der Waals surface area contributed by atoms with Gasteiger partial charge in [0.15, 0.2) is 5.78 Å². The number of Topliss-reactive ketones (excluding diaryl/α,β-unsaturated/α-hetero) is 1. The molecule has 1 aromatic carbocycles. The van der Waals surface area contributed by atoms with Crippen molar-refractivity contribution in [3.63, 3.8) is 0 Å². The lowest BCUT2D eigenvalue weighted by atomic mass is 9.96. The molecule has 1 atom stereocenters. The number of carbonyl (C=O) groups is 1. The highest BCUT2D eigenvalue weighted by atomic mass is 35.5. The standard InChI is InChI=1S/C12H13ClFNO/c13-8-4-5-9(10(14)7-8)12(16)11-3-1-2-6-15-11/h4-5,7,11,15H,1-3,6H2. The van der Waals surface area contributed by atoms with E-state index in [-0.39, 0.29) is 17.4 Å². The third-order valence-electron chi connectivity index (χ3n) is 2.82. The molecule has 86 valence electrons. The SMILES string of the molecule is O=C(c1ccc(Cl)cc1F)C1CCCCN1. The van der Waals surface area contributed by atoms with Gasteiger partial charge >= 0.3 is 0 Å². The first kappa shape index (κ1) is 11.6. The molecule has 0 radical (unpaired) electrons. The Morgan fingerprint density at radius 1 is 1.44 bits per heavy atom. The Bertz CT molecular complexity index is 402. The van der Waals surface area contributed by atoms with Crippen LogP contribution in [0.15, 0.2) is 18.2 Å². The molecule has 0 aliphatic carbocycles. The van der Waals surface area contributed by atoms with Crippen molar-refractivity contribution in [1.82, 2.24) is 5.32 Å². The third kappa shape index (κ3) is 2.42. The van der Waals surface area contributed by atoms with Gasteiger partial charge in [-0.15, -0.1) is 0 Å². The van der Waals surface area contributed by atoms with Crippen molar-refractivity contribution in [2.24, 2.45) is 0 Å². The molecule has 1 aliphatic heterocycles. The van der Waals surface area contributed by atoms with Gasteiger partial charge in [-0.1, -0.05) is 18.0 Å². The number of hydrogen-bond acceptors (Lipinski definition) is 2. The molecule has 1 fully saturated rings. The molecule has 2 rings (SSSR count). The van der Waals surface area contributed by atoms with E-state index in [1.165, 1.54) is 12.1 Å². The lowest BCUT2D eigenvalue weighted by Crippen LogP contribution is -2.40. The van der Waals surface area contributed by atoms with E-state index in [0.717, 1.165) is 25.8 Å². The van der Waals surface area contributed by atoms with Gasteiger partial charge in [0.05, 0.1) is 11.6 Å². The van der Waals surface area contributed by atoms with E-state index < -0.39 is 5.82 Å². The van der Waals surface area contributed by atoms with Gasteiger partial charge in [0, 0.05) is 5.02 Å². The number of nitrogens with one attached hydrogen (secondary N) is 1. The molecule has 0 bridgehead atoms. The third-order valence-corrected chi connectivity index (χ3v) is 3.06. The van der Waals surface area contributed by atoms with Crippen molar-refractivity contribution in [2.75, 3.05) is 6.54 Å². The zero-order valence-electron chi connectivity index (χ0n) is 8.80. The summed E-state index contributed by atoms with van der Waals surface area (Å²) in [5.74, 6) is -0.709. The van der Waals surface area contributed by atoms with Crippen molar-refractivity contribution < 1.29 is 9.18 Å². The molecule has 1 N–H and O–H groups in total. The second-order valence-corrected chi connectivity index (χ2v) is 4.43. The Labute approximate surface area is 98.8 Å². The second kappa shape index (κ2) is 4.93. The summed E-state index contributed by atoms with van der Waals surface area (Å²) in [7, 11) is 0. The molecular weight excluding hydrogens is 229 g/mol. The largest absolute Gasteiger partial charge is 0.307 e. The lowest BCUT2D eigenvalue weighted by Gasteiger charge is -2.22. The van der Waals surface area contributed by atoms with Crippen molar-refractivity contribution in [2.45, 2.75) is 25.3 Å². The quantitative estimate of drug-likeness (QED) is 0.807. The molecule has 1 aliphatic rings. The minimum absolute atomic E-state index is 0.129. The van der Waals surface area contributed by atoms with Crippen LogP contribution in [0.3, 0.4) is 0 Å². The van der Waals surface area contributed by atoms with Gasteiger partial charge in [0.1, 0.15) is 5.82 Å². The molecule has 0 saturated carbocycles. The number of rotatable bonds is 2. The monoisotopic (exact) mass is 241 g/mol. The summed E-state index contributed by atoms with van der Waals surface area (Å²) in [6.45, 7) is 0.825. The van der Waals surface area contributed by atoms with E-state index in [4.69, 9.17) is 11.6 Å². The van der Waals surface area contributed by atoms with Gasteiger partial charge in [0.2, 0.25) is 0 Å². The first-order chi connectivity index (χ1) is 7.68. The van der Waals surface area contributed by atoms with Crippen molar-refractivity contribution in [3.8, 4) is 0 Å². The van der Waals surface area contributed by atoms with Crippen LogP contribution in [0.25, 0.3) is 0 Å². The van der Waals surface area contributed by atoms with Crippen LogP contribution in [-0.2, 0) is 0 Å². The van der Waals surface area contributed by atoms with Crippen molar-refractivity contribution in [3.05, 3.63) is 34.6 Å². The lowest BCUT2D eigenvalue weighted by molar-refractivity contribution is 0.0923. The van der Waals surface area contributed by atoms with Gasteiger partial charge < -0.3 is 5.32 Å². The first-order valence-electron chi connectivity index (χ1n) is 5.41. The highest BCUT2D eigenvalue weighted by molar-refractivity contribution is 6.30. The molecule has 2 nitrogen and oxygen atoms in total. The molecular formula is C12H13ClFNO. The smallest absolute Gasteiger partial charge is 0.182 e. The second-order valence-electron chi connectivity index (χ2n) is 3.99. The highest BCUT2D eigenvalue weighted by Crippen LogP contribution is 2.18. The number of piperidine rings is 1. The van der Waals surface area contributed by atoms with Crippen LogP contribution in [0.5, 0.6) is 0 Å². The first-order valence-corrected chi connectivity index (χ1v) is 5.79. The maximum absolute atomic E-state index is 13.5. The van der Waals surface area contributed by atoms with Crippen LogP contribution in [0.2, 0.25) is 5.02 Å². The molecule has 4 heteroatoms. The van der Waals surface area contributed by atoms with E-state index in [9.17, 15) is 9.18 Å². The fraction of sp³-hybridized carbons (Fsp3) is 0.417. The van der Waals surface area contributed by atoms with Crippen LogP contribution in [-0.4, -0.2) is 18.4 Å². The maximum Gasteiger partial charge on any atom is 0.182 e. The highest BCUT2D eigenvalue weighted by Gasteiger charge is 2.23. The Hall–Kier alpha value is -0.930. The summed E-state index contributed by atoms with van der Waals surface area (Å²) in [5, 5.41) is 3.42. The fourth-order valence-corrected chi connectivity index (χ4v) is 2.11. The van der Waals surface area contributed by atoms with Gasteiger partial charge in [-0.2, -0.15) is 0 Å². The van der Waals surface area contributed by atoms with Crippen LogP contribution in [0, 0.1) is 5.82 Å². The topological polar surface area (TPSA) is 29.1 Å². The van der Waals surface area contributed by atoms with E-state index in [2.05, 4.69) is 5.32 Å². The Morgan fingerprint density at radius 3 is 2.88 bits per heavy atom. The fourth-order valence-electron chi connectivity index (χ4n) is 1.95. The molecule has 0 amide bonds. The summed E-state index contributed by atoms with van der Waals surface area (Å²) in [5.41, 5.74) is 0.129. The van der Waals surface area contributed by atoms with Crippen LogP contribution in [0.4, 0.5) is 4.39 Å². The van der Waals surface area contributed by atoms with Gasteiger partial charge in [-0.25, -0.2) is 4.39 Å². The van der Waals surface area contributed by atoms with Crippen LogP contribution in [0.1, 0.15) is 29.6 Å². The Balaban J connectivity index is 2.19. The normalized spacial score (nSPS) is 20.8. The number of hydrogen-bond donors (Lipinski definition) is 1. The zero-order valence-corrected chi connectivity index (χ0v) is 9.56. The summed E-state index contributed by atoms with van der Waals surface area (Å²) in [6.07, 6.45) is 2.87. The molecule has 1 aromatic rings. The predicted molar refractivity (Wildman–Crippen MR) is 61.4 cm³/mol. The number of carbonyl (C=O) groups excluding carboxylic acids is 1. The average Bonchev–Trinajstić information content (AvgIpc) is 2.29.